The lowest BCUT2D eigenvalue weighted by Gasteiger charge is -2.36. The highest BCUT2D eigenvalue weighted by Crippen LogP contribution is 2.44. The van der Waals surface area contributed by atoms with Crippen molar-refractivity contribution in [2.75, 3.05) is 0 Å². The van der Waals surface area contributed by atoms with Gasteiger partial charge in [-0.1, -0.05) is 17.7 Å². The third-order valence-electron chi connectivity index (χ3n) is 2.74. The fraction of sp³-hybridized carbons (Fsp3) is 0.500. The molecule has 1 heterocycles. The van der Waals surface area contributed by atoms with Gasteiger partial charge >= 0.3 is 0 Å². The summed E-state index contributed by atoms with van der Waals surface area (Å²) in [5, 5.41) is 10.6. The van der Waals surface area contributed by atoms with E-state index in [-0.39, 0.29) is 5.60 Å². The topological polar surface area (TPSA) is 29.5 Å². The van der Waals surface area contributed by atoms with Crippen molar-refractivity contribution >= 4 is 11.6 Å². The van der Waals surface area contributed by atoms with E-state index < -0.39 is 6.10 Å². The Labute approximate surface area is 94.8 Å². The van der Waals surface area contributed by atoms with Crippen LogP contribution in [0.1, 0.15) is 37.5 Å². The second-order valence-electron chi connectivity index (χ2n) is 4.69. The van der Waals surface area contributed by atoms with Crippen LogP contribution in [0.5, 0.6) is 5.75 Å². The number of aliphatic hydroxyl groups is 1. The molecule has 0 aliphatic carbocycles. The van der Waals surface area contributed by atoms with Gasteiger partial charge in [-0.2, -0.15) is 0 Å². The van der Waals surface area contributed by atoms with Gasteiger partial charge in [0.2, 0.25) is 0 Å². The van der Waals surface area contributed by atoms with Gasteiger partial charge in [-0.3, -0.25) is 0 Å². The zero-order chi connectivity index (χ0) is 11.2. The number of aryl methyl sites for hydroxylation is 1. The van der Waals surface area contributed by atoms with Gasteiger partial charge in [-0.05, 0) is 32.4 Å². The van der Waals surface area contributed by atoms with Crippen LogP contribution in [-0.2, 0) is 0 Å². The Morgan fingerprint density at radius 1 is 1.47 bits per heavy atom. The molecular weight excluding hydrogens is 212 g/mol. The number of hydrogen-bond acceptors (Lipinski definition) is 2. The number of ether oxygens (including phenoxy) is 1. The third-order valence-corrected chi connectivity index (χ3v) is 3.07. The molecule has 3 heteroatoms. The Balaban J connectivity index is 2.59. The molecule has 2 rings (SSSR count). The van der Waals surface area contributed by atoms with Crippen molar-refractivity contribution in [2.24, 2.45) is 0 Å². The summed E-state index contributed by atoms with van der Waals surface area (Å²) in [6, 6.07) is 3.72. The van der Waals surface area contributed by atoms with E-state index in [0.717, 1.165) is 16.9 Å². The standard InChI is InChI=1S/C12H15ClO2/c1-7-4-5-8(13)10-9(14)6-12(2,3)15-11(7)10/h4-5,9,14H,6H2,1-3H3. The molecule has 0 aromatic heterocycles. The molecule has 1 atom stereocenters. The summed E-state index contributed by atoms with van der Waals surface area (Å²) in [5.41, 5.74) is 1.42. The van der Waals surface area contributed by atoms with Crippen molar-refractivity contribution in [3.63, 3.8) is 0 Å². The van der Waals surface area contributed by atoms with Crippen LogP contribution in [0.2, 0.25) is 5.02 Å². The largest absolute Gasteiger partial charge is 0.487 e. The number of rotatable bonds is 0. The Bertz CT molecular complexity index is 399. The second kappa shape index (κ2) is 3.39. The molecule has 82 valence electrons. The molecule has 2 nitrogen and oxygen atoms in total. The van der Waals surface area contributed by atoms with Crippen molar-refractivity contribution in [3.05, 3.63) is 28.3 Å². The van der Waals surface area contributed by atoms with Crippen molar-refractivity contribution in [1.82, 2.24) is 0 Å². The smallest absolute Gasteiger partial charge is 0.130 e. The molecule has 1 aliphatic rings. The van der Waals surface area contributed by atoms with E-state index in [9.17, 15) is 5.11 Å². The zero-order valence-corrected chi connectivity index (χ0v) is 9.93. The first kappa shape index (κ1) is 10.8. The van der Waals surface area contributed by atoms with Gasteiger partial charge in [0.15, 0.2) is 0 Å². The van der Waals surface area contributed by atoms with Gasteiger partial charge < -0.3 is 9.84 Å². The number of halogens is 1. The van der Waals surface area contributed by atoms with Gasteiger partial charge in [0.05, 0.1) is 11.1 Å². The lowest BCUT2D eigenvalue weighted by atomic mass is 9.90. The summed E-state index contributed by atoms with van der Waals surface area (Å²) in [7, 11) is 0. The van der Waals surface area contributed by atoms with Crippen LogP contribution in [0.15, 0.2) is 12.1 Å². The molecule has 0 amide bonds. The van der Waals surface area contributed by atoms with Crippen LogP contribution in [-0.4, -0.2) is 10.7 Å². The van der Waals surface area contributed by atoms with Crippen molar-refractivity contribution < 1.29 is 9.84 Å². The highest BCUT2D eigenvalue weighted by molar-refractivity contribution is 6.31. The van der Waals surface area contributed by atoms with Crippen LogP contribution in [0.4, 0.5) is 0 Å². The summed E-state index contributed by atoms with van der Waals surface area (Å²) >= 11 is 6.06. The molecule has 1 aromatic carbocycles. The maximum atomic E-state index is 10.0. The van der Waals surface area contributed by atoms with E-state index >= 15 is 0 Å². The van der Waals surface area contributed by atoms with Crippen molar-refractivity contribution in [3.8, 4) is 5.75 Å². The predicted octanol–water partition coefficient (Wildman–Crippen LogP) is 3.24. The predicted molar refractivity (Wildman–Crippen MR) is 60.5 cm³/mol. The van der Waals surface area contributed by atoms with Crippen LogP contribution < -0.4 is 4.74 Å². The molecule has 0 saturated carbocycles. The molecule has 0 fully saturated rings. The first-order valence-corrected chi connectivity index (χ1v) is 5.44. The minimum Gasteiger partial charge on any atom is -0.487 e. The molecule has 0 spiro atoms. The molecule has 1 aliphatic heterocycles. The average Bonchev–Trinajstić information content (AvgIpc) is 2.09. The summed E-state index contributed by atoms with van der Waals surface area (Å²) in [5.74, 6) is 0.742. The van der Waals surface area contributed by atoms with E-state index in [0.29, 0.717) is 11.4 Å². The second-order valence-corrected chi connectivity index (χ2v) is 5.10. The Morgan fingerprint density at radius 3 is 2.80 bits per heavy atom. The minimum atomic E-state index is -0.531. The number of hydrogen-bond donors (Lipinski definition) is 1. The quantitative estimate of drug-likeness (QED) is 0.736. The molecule has 1 N–H and O–H groups in total. The summed E-state index contributed by atoms with van der Waals surface area (Å²) < 4.78 is 5.86. The van der Waals surface area contributed by atoms with Crippen molar-refractivity contribution in [1.29, 1.82) is 0 Å². The average molecular weight is 227 g/mol. The van der Waals surface area contributed by atoms with Gasteiger partial charge in [0.1, 0.15) is 11.4 Å². The minimum absolute atomic E-state index is 0.331. The van der Waals surface area contributed by atoms with Crippen molar-refractivity contribution in [2.45, 2.75) is 38.9 Å². The Hall–Kier alpha value is -0.730. The number of aliphatic hydroxyl groups excluding tert-OH is 1. The highest BCUT2D eigenvalue weighted by atomic mass is 35.5. The molecule has 0 bridgehead atoms. The van der Waals surface area contributed by atoms with E-state index in [2.05, 4.69) is 0 Å². The number of benzene rings is 1. The lowest BCUT2D eigenvalue weighted by Crippen LogP contribution is -2.35. The maximum Gasteiger partial charge on any atom is 0.130 e. The van der Waals surface area contributed by atoms with Gasteiger partial charge in [-0.15, -0.1) is 0 Å². The molecule has 15 heavy (non-hydrogen) atoms. The molecule has 0 saturated heterocycles. The Morgan fingerprint density at radius 2 is 2.13 bits per heavy atom. The SMILES string of the molecule is Cc1ccc(Cl)c2c1OC(C)(C)CC2O. The zero-order valence-electron chi connectivity index (χ0n) is 9.17. The van der Waals surface area contributed by atoms with Crippen LogP contribution in [0.25, 0.3) is 0 Å². The monoisotopic (exact) mass is 226 g/mol. The molecule has 1 unspecified atom stereocenters. The first-order chi connectivity index (χ1) is 6.91. The van der Waals surface area contributed by atoms with Gasteiger partial charge in [-0.25, -0.2) is 0 Å². The van der Waals surface area contributed by atoms with E-state index in [4.69, 9.17) is 16.3 Å². The first-order valence-electron chi connectivity index (χ1n) is 5.07. The van der Waals surface area contributed by atoms with Crippen LogP contribution in [0, 0.1) is 6.92 Å². The van der Waals surface area contributed by atoms with Crippen LogP contribution in [0.3, 0.4) is 0 Å². The maximum absolute atomic E-state index is 10.0. The summed E-state index contributed by atoms with van der Waals surface area (Å²) in [6.45, 7) is 5.91. The number of fused-ring (bicyclic) bond motifs is 1. The molecular formula is C12H15ClO2. The summed E-state index contributed by atoms with van der Waals surface area (Å²) in [4.78, 5) is 0. The molecule has 1 aromatic rings. The highest BCUT2D eigenvalue weighted by Gasteiger charge is 2.34. The van der Waals surface area contributed by atoms with Crippen LogP contribution >= 0.6 is 11.6 Å². The fourth-order valence-electron chi connectivity index (χ4n) is 2.02. The summed E-state index contributed by atoms with van der Waals surface area (Å²) in [6.07, 6.45) is 0.0412. The third kappa shape index (κ3) is 1.84. The van der Waals surface area contributed by atoms with E-state index in [1.807, 2.05) is 26.8 Å². The lowest BCUT2D eigenvalue weighted by molar-refractivity contribution is 0.0110. The van der Waals surface area contributed by atoms with E-state index in [1.165, 1.54) is 0 Å². The normalized spacial score (nSPS) is 23.1. The van der Waals surface area contributed by atoms with Gasteiger partial charge in [0.25, 0.3) is 0 Å². The van der Waals surface area contributed by atoms with Gasteiger partial charge in [0, 0.05) is 12.0 Å². The Kier molecular flexibility index (Phi) is 2.44. The molecule has 0 radical (unpaired) electrons. The fourth-order valence-corrected chi connectivity index (χ4v) is 2.29. The van der Waals surface area contributed by atoms with E-state index in [1.54, 1.807) is 6.07 Å².